The van der Waals surface area contributed by atoms with Crippen LogP contribution in [0.5, 0.6) is 5.75 Å². The van der Waals surface area contributed by atoms with Gasteiger partial charge in [0.25, 0.3) is 5.91 Å². The molecule has 0 unspecified atom stereocenters. The Morgan fingerprint density at radius 3 is 2.50 bits per heavy atom. The number of hydrogen-bond acceptors (Lipinski definition) is 4. The van der Waals surface area contributed by atoms with Crippen molar-refractivity contribution >= 4 is 23.4 Å². The average molecular weight is 485 g/mol. The highest BCUT2D eigenvalue weighted by Gasteiger charge is 2.42. The molecule has 0 aromatic heterocycles. The first kappa shape index (κ1) is 24.6. The molecular formula is C27H33ClN2O4. The van der Waals surface area contributed by atoms with E-state index in [2.05, 4.69) is 0 Å². The third-order valence-electron chi connectivity index (χ3n) is 6.72. The van der Waals surface area contributed by atoms with E-state index >= 15 is 0 Å². The van der Waals surface area contributed by atoms with Crippen molar-refractivity contribution in [3.63, 3.8) is 0 Å². The van der Waals surface area contributed by atoms with Crippen LogP contribution in [-0.4, -0.2) is 66.6 Å². The van der Waals surface area contributed by atoms with Crippen molar-refractivity contribution in [2.24, 2.45) is 0 Å². The smallest absolute Gasteiger partial charge is 0.254 e. The number of morpholine rings is 1. The van der Waals surface area contributed by atoms with Gasteiger partial charge >= 0.3 is 0 Å². The molecule has 2 fully saturated rings. The fourth-order valence-corrected chi connectivity index (χ4v) is 4.82. The number of hydrogen-bond donors (Lipinski definition) is 0. The summed E-state index contributed by atoms with van der Waals surface area (Å²) in [6.45, 7) is 6.71. The summed E-state index contributed by atoms with van der Waals surface area (Å²) in [5.41, 5.74) is 1.61. The van der Waals surface area contributed by atoms with E-state index in [1.807, 2.05) is 55.1 Å². The Hall–Kier alpha value is -2.57. The lowest BCUT2D eigenvalue weighted by Crippen LogP contribution is -2.58. The molecule has 2 aromatic rings. The highest BCUT2D eigenvalue weighted by atomic mass is 35.5. The fourth-order valence-electron chi connectivity index (χ4n) is 4.70. The number of nitrogens with zero attached hydrogens (tertiary/aromatic N) is 2. The highest BCUT2D eigenvalue weighted by molar-refractivity contribution is 6.31. The second-order valence-corrected chi connectivity index (χ2v) is 9.80. The second kappa shape index (κ2) is 10.8. The number of carbonyl (C=O) groups is 2. The van der Waals surface area contributed by atoms with Crippen LogP contribution in [0.15, 0.2) is 42.5 Å². The molecule has 34 heavy (non-hydrogen) atoms. The maximum Gasteiger partial charge on any atom is 0.254 e. The lowest BCUT2D eigenvalue weighted by atomic mass is 9.95. The molecule has 2 heterocycles. The van der Waals surface area contributed by atoms with Crippen LogP contribution in [0.3, 0.4) is 0 Å². The lowest BCUT2D eigenvalue weighted by molar-refractivity contribution is -0.153. The van der Waals surface area contributed by atoms with Crippen LogP contribution >= 0.6 is 11.6 Å². The SMILES string of the molecule is Cc1cc(OC[C@@]2(CC(=O)N3CCCCC3)CN(C(=O)c3ccccc3C)CCO2)ccc1Cl. The number of ether oxygens (including phenoxy) is 2. The summed E-state index contributed by atoms with van der Waals surface area (Å²) >= 11 is 6.16. The summed E-state index contributed by atoms with van der Waals surface area (Å²) in [4.78, 5) is 30.3. The van der Waals surface area contributed by atoms with Gasteiger partial charge in [-0.1, -0.05) is 29.8 Å². The van der Waals surface area contributed by atoms with Crippen molar-refractivity contribution in [3.05, 3.63) is 64.2 Å². The van der Waals surface area contributed by atoms with Gasteiger partial charge in [0, 0.05) is 30.2 Å². The number of piperidine rings is 1. The van der Waals surface area contributed by atoms with Gasteiger partial charge in [0.2, 0.25) is 5.91 Å². The molecule has 0 radical (unpaired) electrons. The van der Waals surface area contributed by atoms with Gasteiger partial charge < -0.3 is 19.3 Å². The summed E-state index contributed by atoms with van der Waals surface area (Å²) in [5.74, 6) is 0.678. The predicted octanol–water partition coefficient (Wildman–Crippen LogP) is 4.65. The number of rotatable bonds is 6. The molecule has 7 heteroatoms. The zero-order chi connectivity index (χ0) is 24.1. The van der Waals surface area contributed by atoms with E-state index in [-0.39, 0.29) is 24.8 Å². The van der Waals surface area contributed by atoms with Crippen molar-refractivity contribution in [1.29, 1.82) is 0 Å². The Kier molecular flexibility index (Phi) is 7.79. The first-order valence-electron chi connectivity index (χ1n) is 12.0. The monoisotopic (exact) mass is 484 g/mol. The van der Waals surface area contributed by atoms with E-state index in [0.29, 0.717) is 36.0 Å². The van der Waals surface area contributed by atoms with Crippen molar-refractivity contribution in [1.82, 2.24) is 9.80 Å². The van der Waals surface area contributed by atoms with Gasteiger partial charge in [-0.3, -0.25) is 9.59 Å². The Bertz CT molecular complexity index is 1040. The van der Waals surface area contributed by atoms with Gasteiger partial charge in [0.05, 0.1) is 19.6 Å². The fraction of sp³-hybridized carbons (Fsp3) is 0.481. The number of halogens is 1. The van der Waals surface area contributed by atoms with Crippen LogP contribution in [0.1, 0.15) is 47.2 Å². The Morgan fingerprint density at radius 2 is 1.76 bits per heavy atom. The first-order chi connectivity index (χ1) is 16.4. The molecule has 0 saturated carbocycles. The molecule has 4 rings (SSSR count). The van der Waals surface area contributed by atoms with Crippen molar-refractivity contribution in [3.8, 4) is 5.75 Å². The van der Waals surface area contributed by atoms with Crippen LogP contribution in [-0.2, 0) is 9.53 Å². The van der Waals surface area contributed by atoms with Crippen LogP contribution in [0.25, 0.3) is 0 Å². The number of likely N-dealkylation sites (tertiary alicyclic amines) is 1. The Labute approximate surface area is 206 Å². The normalized spacial score (nSPS) is 20.8. The molecule has 2 aliphatic rings. The number of aryl methyl sites for hydroxylation is 2. The Morgan fingerprint density at radius 1 is 1.00 bits per heavy atom. The zero-order valence-corrected chi connectivity index (χ0v) is 20.8. The zero-order valence-electron chi connectivity index (χ0n) is 20.0. The topological polar surface area (TPSA) is 59.1 Å². The summed E-state index contributed by atoms with van der Waals surface area (Å²) in [5, 5.41) is 0.672. The number of amides is 2. The standard InChI is InChI=1S/C27H33ClN2O4/c1-20-8-4-5-9-23(20)26(32)30-14-15-34-27(18-30,17-25(31)29-12-6-3-7-13-29)19-33-22-10-11-24(28)21(2)16-22/h4-5,8-11,16H,3,6-7,12-15,17-19H2,1-2H3/t27-/m1/s1. The third kappa shape index (κ3) is 5.73. The van der Waals surface area contributed by atoms with Gasteiger partial charge in [0.1, 0.15) is 18.0 Å². The first-order valence-corrected chi connectivity index (χ1v) is 12.4. The lowest BCUT2D eigenvalue weighted by Gasteiger charge is -2.43. The molecule has 0 N–H and O–H groups in total. The van der Waals surface area contributed by atoms with Crippen LogP contribution in [0, 0.1) is 13.8 Å². The molecule has 0 bridgehead atoms. The molecule has 2 aliphatic heterocycles. The summed E-state index contributed by atoms with van der Waals surface area (Å²) in [6, 6.07) is 13.1. The minimum atomic E-state index is -0.918. The van der Waals surface area contributed by atoms with Crippen LogP contribution in [0.2, 0.25) is 5.02 Å². The molecule has 0 aliphatic carbocycles. The van der Waals surface area contributed by atoms with Crippen LogP contribution in [0.4, 0.5) is 0 Å². The quantitative estimate of drug-likeness (QED) is 0.598. The number of benzene rings is 2. The maximum absolute atomic E-state index is 13.4. The number of carbonyl (C=O) groups excluding carboxylic acids is 2. The molecule has 0 spiro atoms. The van der Waals surface area contributed by atoms with E-state index in [9.17, 15) is 9.59 Å². The second-order valence-electron chi connectivity index (χ2n) is 9.39. The largest absolute Gasteiger partial charge is 0.490 e. The van der Waals surface area contributed by atoms with Crippen LogP contribution < -0.4 is 4.74 Å². The molecular weight excluding hydrogens is 452 g/mol. The molecule has 2 aromatic carbocycles. The molecule has 2 saturated heterocycles. The van der Waals surface area contributed by atoms with E-state index in [1.165, 1.54) is 0 Å². The van der Waals surface area contributed by atoms with Crippen molar-refractivity contribution < 1.29 is 19.1 Å². The van der Waals surface area contributed by atoms with Gasteiger partial charge in [-0.25, -0.2) is 0 Å². The minimum absolute atomic E-state index is 0.0430. The predicted molar refractivity (Wildman–Crippen MR) is 132 cm³/mol. The summed E-state index contributed by atoms with van der Waals surface area (Å²) < 4.78 is 12.4. The maximum atomic E-state index is 13.4. The van der Waals surface area contributed by atoms with Crippen molar-refractivity contribution in [2.75, 3.05) is 39.4 Å². The highest BCUT2D eigenvalue weighted by Crippen LogP contribution is 2.28. The molecule has 2 amide bonds. The van der Waals surface area contributed by atoms with Gasteiger partial charge in [-0.05, 0) is 68.5 Å². The van der Waals surface area contributed by atoms with Gasteiger partial charge in [0.15, 0.2) is 0 Å². The van der Waals surface area contributed by atoms with E-state index in [1.54, 1.807) is 11.0 Å². The molecule has 182 valence electrons. The van der Waals surface area contributed by atoms with Gasteiger partial charge in [-0.15, -0.1) is 0 Å². The summed E-state index contributed by atoms with van der Waals surface area (Å²) in [6.07, 6.45) is 3.39. The van der Waals surface area contributed by atoms with E-state index in [0.717, 1.165) is 43.5 Å². The minimum Gasteiger partial charge on any atom is -0.490 e. The van der Waals surface area contributed by atoms with Crippen molar-refractivity contribution in [2.45, 2.75) is 45.1 Å². The van der Waals surface area contributed by atoms with E-state index < -0.39 is 5.60 Å². The molecule has 6 nitrogen and oxygen atoms in total. The third-order valence-corrected chi connectivity index (χ3v) is 7.15. The Balaban J connectivity index is 1.55. The molecule has 1 atom stereocenters. The average Bonchev–Trinajstić information content (AvgIpc) is 2.85. The van der Waals surface area contributed by atoms with E-state index in [4.69, 9.17) is 21.1 Å². The van der Waals surface area contributed by atoms with Gasteiger partial charge in [-0.2, -0.15) is 0 Å². The summed E-state index contributed by atoms with van der Waals surface area (Å²) in [7, 11) is 0.